The highest BCUT2D eigenvalue weighted by Gasteiger charge is 2.21. The summed E-state index contributed by atoms with van der Waals surface area (Å²) in [5, 5.41) is 0.606. The van der Waals surface area contributed by atoms with Gasteiger partial charge in [-0.15, -0.1) is 0 Å². The molecule has 0 saturated carbocycles. The standard InChI is InChI=1S/C51H34N4/c1-4-15-35(16-5-1)37-27-31-40(32-28-37)49-52-50(41-33-29-38(30-34-41)36-17-6-2-7-18-36)54-51(53-49)45-22-11-13-26-47(45)55-46-25-12-10-21-43(46)44-24-14-23-42(48(44)55)39-19-8-3-9-20-39/h1-34H/i3D,8D,9D,10D,12D,19D,20D,21D,25D. The molecular weight excluding hydrogens is 669 g/mol. The van der Waals surface area contributed by atoms with Crippen LogP contribution < -0.4 is 0 Å². The lowest BCUT2D eigenvalue weighted by Crippen LogP contribution is -2.04. The third-order valence-corrected chi connectivity index (χ3v) is 9.71. The zero-order chi connectivity index (χ0) is 44.4. The van der Waals surface area contributed by atoms with Crippen molar-refractivity contribution in [3.63, 3.8) is 0 Å². The SMILES string of the molecule is [2H]c1c([2H])c([2H])c(-c2cccc3c4c([2H])c([2H])c([2H])c([2H])c4n(-c4ccccc4-c4nc(-c5ccc(-c6ccccc6)cc5)nc(-c5ccc(-c6ccccc6)cc5)n4)c23)c([2H])c1[2H]. The molecule has 0 aliphatic heterocycles. The van der Waals surface area contributed by atoms with Crippen LogP contribution in [0.2, 0.25) is 0 Å². The minimum atomic E-state index is -0.540. The molecule has 0 N–H and O–H groups in total. The fraction of sp³-hybridized carbons (Fsp3) is 0. The quantitative estimate of drug-likeness (QED) is 0.165. The normalized spacial score (nSPS) is 13.6. The van der Waals surface area contributed by atoms with E-state index >= 15 is 0 Å². The number of rotatable bonds is 7. The molecule has 4 heteroatoms. The van der Waals surface area contributed by atoms with Crippen LogP contribution >= 0.6 is 0 Å². The van der Waals surface area contributed by atoms with E-state index < -0.39 is 42.3 Å². The second-order valence-electron chi connectivity index (χ2n) is 13.0. The van der Waals surface area contributed by atoms with Gasteiger partial charge in [0.05, 0.1) is 29.1 Å². The monoisotopic (exact) mass is 711 g/mol. The van der Waals surface area contributed by atoms with Crippen LogP contribution in [0.5, 0.6) is 0 Å². The number of para-hydroxylation sites is 3. The molecule has 258 valence electrons. The van der Waals surface area contributed by atoms with Crippen LogP contribution in [0.1, 0.15) is 12.3 Å². The lowest BCUT2D eigenvalue weighted by atomic mass is 10.0. The summed E-state index contributed by atoms with van der Waals surface area (Å²) in [5.74, 6) is 1.06. The van der Waals surface area contributed by atoms with Crippen molar-refractivity contribution in [2.45, 2.75) is 0 Å². The van der Waals surface area contributed by atoms with Gasteiger partial charge >= 0.3 is 0 Å². The van der Waals surface area contributed by atoms with Crippen LogP contribution in [0, 0.1) is 0 Å². The van der Waals surface area contributed by atoms with Gasteiger partial charge in [-0.3, -0.25) is 0 Å². The fourth-order valence-electron chi connectivity index (χ4n) is 7.09. The number of benzene rings is 8. The molecule has 2 aromatic heterocycles. The summed E-state index contributed by atoms with van der Waals surface area (Å²) in [7, 11) is 0. The molecule has 0 radical (unpaired) electrons. The Hall–Kier alpha value is -7.43. The van der Waals surface area contributed by atoms with Crippen molar-refractivity contribution >= 4 is 21.8 Å². The van der Waals surface area contributed by atoms with E-state index in [2.05, 4.69) is 0 Å². The lowest BCUT2D eigenvalue weighted by Gasteiger charge is -2.16. The van der Waals surface area contributed by atoms with Crippen molar-refractivity contribution in [1.29, 1.82) is 0 Å². The van der Waals surface area contributed by atoms with Gasteiger partial charge in [-0.05, 0) is 46.0 Å². The Morgan fingerprint density at radius 1 is 0.345 bits per heavy atom. The minimum absolute atomic E-state index is 0.0731. The van der Waals surface area contributed by atoms with Crippen molar-refractivity contribution in [2.75, 3.05) is 0 Å². The van der Waals surface area contributed by atoms with E-state index in [4.69, 9.17) is 25.9 Å². The molecule has 0 bridgehead atoms. The first-order valence-corrected chi connectivity index (χ1v) is 17.8. The highest BCUT2D eigenvalue weighted by atomic mass is 15.1. The predicted molar refractivity (Wildman–Crippen MR) is 227 cm³/mol. The van der Waals surface area contributed by atoms with Crippen molar-refractivity contribution < 1.29 is 12.3 Å². The van der Waals surface area contributed by atoms with Crippen LogP contribution in [0.15, 0.2) is 206 Å². The van der Waals surface area contributed by atoms with Crippen LogP contribution in [0.25, 0.3) is 95.0 Å². The van der Waals surface area contributed by atoms with E-state index in [-0.39, 0.29) is 39.9 Å². The average molecular weight is 712 g/mol. The van der Waals surface area contributed by atoms with Crippen LogP contribution in [0.3, 0.4) is 0 Å². The summed E-state index contributed by atoms with van der Waals surface area (Å²) < 4.78 is 80.9. The second-order valence-corrected chi connectivity index (χ2v) is 13.0. The van der Waals surface area contributed by atoms with Gasteiger partial charge in [0, 0.05) is 33.0 Å². The van der Waals surface area contributed by atoms with Gasteiger partial charge in [-0.2, -0.15) is 0 Å². The maximum Gasteiger partial charge on any atom is 0.166 e. The first kappa shape index (κ1) is 24.0. The van der Waals surface area contributed by atoms with Gasteiger partial charge in [0.15, 0.2) is 17.5 Å². The smallest absolute Gasteiger partial charge is 0.166 e. The molecule has 0 atom stereocenters. The van der Waals surface area contributed by atoms with E-state index in [0.717, 1.165) is 33.4 Å². The highest BCUT2D eigenvalue weighted by Crippen LogP contribution is 2.40. The summed E-state index contributed by atoms with van der Waals surface area (Å²) >= 11 is 0. The largest absolute Gasteiger partial charge is 0.308 e. The average Bonchev–Trinajstić information content (AvgIpc) is 3.70. The molecule has 2 heterocycles. The molecule has 0 unspecified atom stereocenters. The summed E-state index contributed by atoms with van der Waals surface area (Å²) in [6, 6.07) is 44.4. The van der Waals surface area contributed by atoms with E-state index in [1.54, 1.807) is 34.9 Å². The summed E-state index contributed by atoms with van der Waals surface area (Å²) in [5.41, 5.74) is 7.16. The topological polar surface area (TPSA) is 43.6 Å². The van der Waals surface area contributed by atoms with Crippen LogP contribution in [-0.4, -0.2) is 19.5 Å². The Bertz CT molecular complexity index is 3340. The number of hydrogen-bond donors (Lipinski definition) is 0. The predicted octanol–water partition coefficient (Wildman–Crippen LogP) is 13.0. The number of hydrogen-bond acceptors (Lipinski definition) is 3. The Balaban J connectivity index is 1.25. The number of nitrogens with zero attached hydrogens (tertiary/aromatic N) is 4. The molecule has 0 saturated heterocycles. The molecule has 8 aromatic carbocycles. The van der Waals surface area contributed by atoms with E-state index in [0.29, 0.717) is 33.8 Å². The minimum Gasteiger partial charge on any atom is -0.308 e. The molecule has 0 aliphatic carbocycles. The van der Waals surface area contributed by atoms with Crippen molar-refractivity contribution in [1.82, 2.24) is 19.5 Å². The molecule has 10 rings (SSSR count). The van der Waals surface area contributed by atoms with Crippen molar-refractivity contribution in [2.24, 2.45) is 0 Å². The molecule has 0 amide bonds. The first-order chi connectivity index (χ1) is 31.0. The maximum absolute atomic E-state index is 9.32. The van der Waals surface area contributed by atoms with E-state index in [9.17, 15) is 1.37 Å². The van der Waals surface area contributed by atoms with Gasteiger partial charge in [0.25, 0.3) is 0 Å². The molecule has 0 aliphatic rings. The Kier molecular flexibility index (Phi) is 6.04. The Labute approximate surface area is 332 Å². The van der Waals surface area contributed by atoms with Crippen molar-refractivity contribution in [3.8, 4) is 73.2 Å². The van der Waals surface area contributed by atoms with Gasteiger partial charge in [-0.1, -0.05) is 188 Å². The molecule has 0 spiro atoms. The number of fused-ring (bicyclic) bond motifs is 3. The third kappa shape index (κ3) is 5.96. The van der Waals surface area contributed by atoms with Gasteiger partial charge in [-0.25, -0.2) is 15.0 Å². The maximum atomic E-state index is 9.32. The zero-order valence-corrected chi connectivity index (χ0v) is 29.2. The Morgan fingerprint density at radius 3 is 1.47 bits per heavy atom. The molecule has 55 heavy (non-hydrogen) atoms. The molecule has 0 fully saturated rings. The van der Waals surface area contributed by atoms with Crippen LogP contribution in [-0.2, 0) is 0 Å². The van der Waals surface area contributed by atoms with Crippen LogP contribution in [0.4, 0.5) is 0 Å². The fourth-order valence-corrected chi connectivity index (χ4v) is 7.09. The molecule has 4 nitrogen and oxygen atoms in total. The highest BCUT2D eigenvalue weighted by molar-refractivity contribution is 6.14. The lowest BCUT2D eigenvalue weighted by molar-refractivity contribution is 1.06. The van der Waals surface area contributed by atoms with Gasteiger partial charge < -0.3 is 4.57 Å². The summed E-state index contributed by atoms with van der Waals surface area (Å²) in [4.78, 5) is 15.2. The zero-order valence-electron chi connectivity index (χ0n) is 38.2. The molecular formula is C51H34N4. The summed E-state index contributed by atoms with van der Waals surface area (Å²) in [6.07, 6.45) is 0. The van der Waals surface area contributed by atoms with Gasteiger partial charge in [0.2, 0.25) is 0 Å². The van der Waals surface area contributed by atoms with Crippen molar-refractivity contribution in [3.05, 3.63) is 206 Å². The summed E-state index contributed by atoms with van der Waals surface area (Å²) in [6.45, 7) is 0. The second kappa shape index (κ2) is 13.8. The molecule has 10 aromatic rings. The first-order valence-electron chi connectivity index (χ1n) is 22.3. The Morgan fingerprint density at radius 2 is 0.836 bits per heavy atom. The number of aromatic nitrogens is 4. The third-order valence-electron chi connectivity index (χ3n) is 9.71. The van der Waals surface area contributed by atoms with E-state index in [1.807, 2.05) is 121 Å². The van der Waals surface area contributed by atoms with Gasteiger partial charge in [0.1, 0.15) is 0 Å². The van der Waals surface area contributed by atoms with E-state index in [1.165, 1.54) is 0 Å².